The largest absolute Gasteiger partial charge is 0.394 e. The highest BCUT2D eigenvalue weighted by molar-refractivity contribution is 9.10. The lowest BCUT2D eigenvalue weighted by Gasteiger charge is -2.29. The van der Waals surface area contributed by atoms with Crippen LogP contribution in [0.5, 0.6) is 0 Å². The van der Waals surface area contributed by atoms with Gasteiger partial charge in [0.05, 0.1) is 24.3 Å². The zero-order chi connectivity index (χ0) is 12.4. The van der Waals surface area contributed by atoms with Crippen molar-refractivity contribution in [2.75, 3.05) is 19.8 Å². The zero-order valence-corrected chi connectivity index (χ0v) is 10.3. The third-order valence-electron chi connectivity index (χ3n) is 2.37. The van der Waals surface area contributed by atoms with Crippen LogP contribution in [0.15, 0.2) is 20.3 Å². The standard InChI is InChI=1S/C9H11BrN2O5/c10-6-1-11-9(15)12(8(6)14)7-4-16-3-5(2-13)17-7/h1,5,7,13H,2-4H2,(H,11,15). The summed E-state index contributed by atoms with van der Waals surface area (Å²) in [4.78, 5) is 25.8. The molecule has 2 N–H and O–H groups in total. The Labute approximate surface area is 104 Å². The van der Waals surface area contributed by atoms with Crippen LogP contribution >= 0.6 is 15.9 Å². The van der Waals surface area contributed by atoms with Gasteiger partial charge in [-0.3, -0.25) is 4.79 Å². The van der Waals surface area contributed by atoms with E-state index >= 15 is 0 Å². The maximum atomic E-state index is 11.8. The molecule has 0 saturated carbocycles. The van der Waals surface area contributed by atoms with E-state index in [4.69, 9.17) is 14.6 Å². The molecule has 1 aromatic rings. The Morgan fingerprint density at radius 1 is 1.53 bits per heavy atom. The molecule has 7 nitrogen and oxygen atoms in total. The molecule has 2 unspecified atom stereocenters. The molecule has 0 aliphatic carbocycles. The number of ether oxygens (including phenoxy) is 2. The average Bonchev–Trinajstić information content (AvgIpc) is 2.35. The van der Waals surface area contributed by atoms with Gasteiger partial charge in [0.1, 0.15) is 6.10 Å². The minimum atomic E-state index is -0.824. The lowest BCUT2D eigenvalue weighted by molar-refractivity contribution is -0.180. The third kappa shape index (κ3) is 2.49. The molecule has 1 aliphatic heterocycles. The maximum Gasteiger partial charge on any atom is 0.330 e. The fourth-order valence-electron chi connectivity index (χ4n) is 1.56. The second-order valence-electron chi connectivity index (χ2n) is 3.55. The number of halogens is 1. The Morgan fingerprint density at radius 3 is 3.00 bits per heavy atom. The lowest BCUT2D eigenvalue weighted by atomic mass is 10.3. The van der Waals surface area contributed by atoms with Crippen LogP contribution in [0.25, 0.3) is 0 Å². The number of hydrogen-bond donors (Lipinski definition) is 2. The first-order chi connectivity index (χ1) is 8.13. The van der Waals surface area contributed by atoms with Crippen LogP contribution in [-0.2, 0) is 9.47 Å². The maximum absolute atomic E-state index is 11.8. The van der Waals surface area contributed by atoms with Crippen molar-refractivity contribution in [3.63, 3.8) is 0 Å². The lowest BCUT2D eigenvalue weighted by Crippen LogP contribution is -2.45. The molecule has 0 aromatic carbocycles. The average molecular weight is 307 g/mol. The first-order valence-corrected chi connectivity index (χ1v) is 5.76. The summed E-state index contributed by atoms with van der Waals surface area (Å²) in [6.07, 6.45) is -0.0809. The predicted molar refractivity (Wildman–Crippen MR) is 60.8 cm³/mol. The Hall–Kier alpha value is -0.960. The van der Waals surface area contributed by atoms with Crippen LogP contribution in [0.2, 0.25) is 0 Å². The normalized spacial score (nSPS) is 24.8. The quantitative estimate of drug-likeness (QED) is 0.746. The van der Waals surface area contributed by atoms with Crippen molar-refractivity contribution in [1.29, 1.82) is 0 Å². The van der Waals surface area contributed by atoms with E-state index in [1.165, 1.54) is 6.20 Å². The minimum Gasteiger partial charge on any atom is -0.394 e. The fraction of sp³-hybridized carbons (Fsp3) is 0.556. The van der Waals surface area contributed by atoms with Gasteiger partial charge in [-0.1, -0.05) is 0 Å². The summed E-state index contributed by atoms with van der Waals surface area (Å²) >= 11 is 3.03. The first kappa shape index (κ1) is 12.5. The summed E-state index contributed by atoms with van der Waals surface area (Å²) in [5.74, 6) is 0. The molecule has 8 heteroatoms. The van der Waals surface area contributed by atoms with Gasteiger partial charge in [-0.25, -0.2) is 9.36 Å². The van der Waals surface area contributed by atoms with Gasteiger partial charge >= 0.3 is 5.69 Å². The molecule has 1 aromatic heterocycles. The molecule has 0 bridgehead atoms. The van der Waals surface area contributed by atoms with E-state index in [1.54, 1.807) is 0 Å². The van der Waals surface area contributed by atoms with Gasteiger partial charge in [0.2, 0.25) is 0 Å². The molecule has 0 amide bonds. The number of aromatic nitrogens is 2. The summed E-state index contributed by atoms with van der Waals surface area (Å²) in [6, 6.07) is 0. The van der Waals surface area contributed by atoms with Crippen LogP contribution in [0.1, 0.15) is 6.23 Å². The van der Waals surface area contributed by atoms with Crippen molar-refractivity contribution < 1.29 is 14.6 Å². The molecule has 1 saturated heterocycles. The molecular weight excluding hydrogens is 296 g/mol. The van der Waals surface area contributed by atoms with Crippen molar-refractivity contribution in [3.05, 3.63) is 31.5 Å². The Bertz CT molecular complexity index is 511. The van der Waals surface area contributed by atoms with Crippen LogP contribution in [0, 0.1) is 0 Å². The molecule has 2 heterocycles. The van der Waals surface area contributed by atoms with Gasteiger partial charge in [-0.15, -0.1) is 0 Å². The zero-order valence-electron chi connectivity index (χ0n) is 8.76. The summed E-state index contributed by atoms with van der Waals surface area (Å²) < 4.78 is 11.7. The van der Waals surface area contributed by atoms with Crippen molar-refractivity contribution in [1.82, 2.24) is 9.55 Å². The van der Waals surface area contributed by atoms with E-state index in [9.17, 15) is 9.59 Å². The fourth-order valence-corrected chi connectivity index (χ4v) is 1.86. The predicted octanol–water partition coefficient (Wildman–Crippen LogP) is -0.795. The number of hydrogen-bond acceptors (Lipinski definition) is 5. The SMILES string of the molecule is O=c1[nH]cc(Br)c(=O)n1C1COCC(CO)O1. The van der Waals surface area contributed by atoms with Gasteiger partial charge in [-0.05, 0) is 15.9 Å². The molecular formula is C9H11BrN2O5. The molecule has 2 rings (SSSR count). The van der Waals surface area contributed by atoms with Gasteiger partial charge in [0.25, 0.3) is 5.56 Å². The van der Waals surface area contributed by atoms with Crippen LogP contribution in [0.3, 0.4) is 0 Å². The summed E-state index contributed by atoms with van der Waals surface area (Å²) in [5.41, 5.74) is -1.08. The van der Waals surface area contributed by atoms with Gasteiger partial charge in [-0.2, -0.15) is 0 Å². The second-order valence-corrected chi connectivity index (χ2v) is 4.40. The van der Waals surface area contributed by atoms with Crippen LogP contribution in [0.4, 0.5) is 0 Å². The number of nitrogens with one attached hydrogen (secondary N) is 1. The van der Waals surface area contributed by atoms with E-state index < -0.39 is 23.6 Å². The number of nitrogens with zero attached hydrogens (tertiary/aromatic N) is 1. The van der Waals surface area contributed by atoms with Crippen molar-refractivity contribution in [3.8, 4) is 0 Å². The van der Waals surface area contributed by atoms with E-state index in [0.717, 1.165) is 4.57 Å². The molecule has 17 heavy (non-hydrogen) atoms. The highest BCUT2D eigenvalue weighted by atomic mass is 79.9. The van der Waals surface area contributed by atoms with Crippen molar-refractivity contribution in [2.45, 2.75) is 12.3 Å². The number of aromatic amines is 1. The number of aliphatic hydroxyl groups is 1. The molecule has 2 atom stereocenters. The molecule has 1 aliphatic rings. The molecule has 0 radical (unpaired) electrons. The molecule has 0 spiro atoms. The van der Waals surface area contributed by atoms with Crippen molar-refractivity contribution >= 4 is 15.9 Å². The van der Waals surface area contributed by atoms with E-state index in [2.05, 4.69) is 20.9 Å². The highest BCUT2D eigenvalue weighted by Gasteiger charge is 2.26. The number of rotatable bonds is 2. The summed E-state index contributed by atoms with van der Waals surface area (Å²) in [5, 5.41) is 8.96. The number of aliphatic hydroxyl groups excluding tert-OH is 1. The highest BCUT2D eigenvalue weighted by Crippen LogP contribution is 2.14. The summed E-state index contributed by atoms with van der Waals surface area (Å²) in [7, 11) is 0. The van der Waals surface area contributed by atoms with Gasteiger partial charge in [0.15, 0.2) is 6.23 Å². The summed E-state index contributed by atoms with van der Waals surface area (Å²) in [6.45, 7) is 0.112. The Morgan fingerprint density at radius 2 is 2.29 bits per heavy atom. The smallest absolute Gasteiger partial charge is 0.330 e. The van der Waals surface area contributed by atoms with Gasteiger partial charge in [0, 0.05) is 6.20 Å². The van der Waals surface area contributed by atoms with E-state index in [0.29, 0.717) is 0 Å². The van der Waals surface area contributed by atoms with E-state index in [1.807, 2.05) is 0 Å². The Balaban J connectivity index is 2.37. The molecule has 94 valence electrons. The van der Waals surface area contributed by atoms with Crippen LogP contribution in [-0.4, -0.2) is 40.6 Å². The number of H-pyrrole nitrogens is 1. The van der Waals surface area contributed by atoms with Crippen LogP contribution < -0.4 is 11.2 Å². The first-order valence-electron chi connectivity index (χ1n) is 4.97. The van der Waals surface area contributed by atoms with E-state index in [-0.39, 0.29) is 24.3 Å². The monoisotopic (exact) mass is 306 g/mol. The topological polar surface area (TPSA) is 93.6 Å². The second kappa shape index (κ2) is 5.13. The minimum absolute atomic E-state index is 0.0932. The molecule has 1 fully saturated rings. The van der Waals surface area contributed by atoms with Crippen molar-refractivity contribution in [2.24, 2.45) is 0 Å². The van der Waals surface area contributed by atoms with Gasteiger partial charge < -0.3 is 19.6 Å². The third-order valence-corrected chi connectivity index (χ3v) is 2.94. The Kier molecular flexibility index (Phi) is 3.77.